The van der Waals surface area contributed by atoms with Gasteiger partial charge in [-0.25, -0.2) is 0 Å². The van der Waals surface area contributed by atoms with E-state index in [1.807, 2.05) is 12.1 Å². The van der Waals surface area contributed by atoms with Gasteiger partial charge in [-0.15, -0.1) is 0 Å². The summed E-state index contributed by atoms with van der Waals surface area (Å²) in [5, 5.41) is 4.33. The molecule has 0 aliphatic rings. The van der Waals surface area contributed by atoms with Gasteiger partial charge in [0, 0.05) is 18.7 Å². The Bertz CT molecular complexity index is 370. The molecule has 0 heterocycles. The molecule has 0 aliphatic carbocycles. The second kappa shape index (κ2) is 10.2. The van der Waals surface area contributed by atoms with Crippen LogP contribution in [0.1, 0.15) is 32.3 Å². The smallest absolute Gasteiger partial charge is 0.0587 e. The third kappa shape index (κ3) is 6.74. The van der Waals surface area contributed by atoms with Crippen molar-refractivity contribution in [2.24, 2.45) is 11.8 Å². The molecule has 2 unspecified atom stereocenters. The van der Waals surface area contributed by atoms with Gasteiger partial charge in [0.1, 0.15) is 0 Å². The predicted molar refractivity (Wildman–Crippen MR) is 87.5 cm³/mol. The van der Waals surface area contributed by atoms with Gasteiger partial charge in [-0.05, 0) is 42.5 Å². The summed E-state index contributed by atoms with van der Waals surface area (Å²) in [6, 6.07) is 8.24. The first-order valence-electron chi connectivity index (χ1n) is 7.61. The molecule has 1 N–H and O–H groups in total. The van der Waals surface area contributed by atoms with Crippen molar-refractivity contribution in [3.05, 3.63) is 34.9 Å². The molecule has 0 aromatic heterocycles. The molecule has 20 heavy (non-hydrogen) atoms. The van der Waals surface area contributed by atoms with Crippen LogP contribution in [0.2, 0.25) is 5.02 Å². The molecule has 0 fully saturated rings. The van der Waals surface area contributed by atoms with Gasteiger partial charge in [0.25, 0.3) is 0 Å². The summed E-state index contributed by atoms with van der Waals surface area (Å²) in [5.74, 6) is 1.36. The van der Waals surface area contributed by atoms with E-state index in [9.17, 15) is 0 Å². The molecule has 1 rings (SSSR count). The van der Waals surface area contributed by atoms with Crippen LogP contribution >= 0.6 is 11.6 Å². The summed E-state index contributed by atoms with van der Waals surface area (Å²) in [6.07, 6.45) is 3.60. The number of rotatable bonds is 10. The third-order valence-corrected chi connectivity index (χ3v) is 4.06. The molecule has 1 aromatic carbocycles. The summed E-state index contributed by atoms with van der Waals surface area (Å²) in [6.45, 7) is 7.34. The Kier molecular flexibility index (Phi) is 8.92. The van der Waals surface area contributed by atoms with Gasteiger partial charge < -0.3 is 10.1 Å². The Labute approximate surface area is 128 Å². The number of benzene rings is 1. The molecule has 114 valence electrons. The van der Waals surface area contributed by atoms with Crippen LogP contribution in [-0.2, 0) is 11.2 Å². The second-order valence-corrected chi connectivity index (χ2v) is 5.99. The maximum Gasteiger partial charge on any atom is 0.0587 e. The molecule has 0 spiro atoms. The van der Waals surface area contributed by atoms with Crippen molar-refractivity contribution < 1.29 is 4.74 Å². The lowest BCUT2D eigenvalue weighted by molar-refractivity contribution is 0.195. The number of hydrogen-bond acceptors (Lipinski definition) is 2. The minimum absolute atomic E-state index is 0.644. The number of hydrogen-bond donors (Lipinski definition) is 1. The van der Waals surface area contributed by atoms with Crippen LogP contribution < -0.4 is 5.32 Å². The fourth-order valence-corrected chi connectivity index (χ4v) is 2.81. The van der Waals surface area contributed by atoms with Crippen LogP contribution in [0, 0.1) is 11.8 Å². The Hall–Kier alpha value is -0.570. The Morgan fingerprint density at radius 3 is 2.80 bits per heavy atom. The summed E-state index contributed by atoms with van der Waals surface area (Å²) in [4.78, 5) is 0. The molecule has 0 aliphatic heterocycles. The lowest BCUT2D eigenvalue weighted by Gasteiger charge is -2.24. The molecule has 0 bridgehead atoms. The van der Waals surface area contributed by atoms with Crippen molar-refractivity contribution in [1.82, 2.24) is 5.32 Å². The average Bonchev–Trinajstić information content (AvgIpc) is 2.42. The van der Waals surface area contributed by atoms with Crippen LogP contribution in [-0.4, -0.2) is 26.8 Å². The minimum atomic E-state index is 0.644. The van der Waals surface area contributed by atoms with Crippen molar-refractivity contribution in [2.45, 2.75) is 33.1 Å². The average molecular weight is 298 g/mol. The molecule has 2 atom stereocenters. The largest absolute Gasteiger partial charge is 0.383 e. The van der Waals surface area contributed by atoms with Crippen molar-refractivity contribution in [3.8, 4) is 0 Å². The SMILES string of the molecule is CCCC(C)C(CNCCOC)Cc1cccc(Cl)c1. The molecule has 0 saturated carbocycles. The van der Waals surface area contributed by atoms with Crippen LogP contribution in [0.5, 0.6) is 0 Å². The Balaban J connectivity index is 2.56. The van der Waals surface area contributed by atoms with Crippen molar-refractivity contribution in [3.63, 3.8) is 0 Å². The summed E-state index contributed by atoms with van der Waals surface area (Å²) >= 11 is 6.08. The predicted octanol–water partition coefficient (Wildman–Crippen LogP) is 4.17. The van der Waals surface area contributed by atoms with Gasteiger partial charge in [-0.2, -0.15) is 0 Å². The summed E-state index contributed by atoms with van der Waals surface area (Å²) in [7, 11) is 1.74. The highest BCUT2D eigenvalue weighted by Crippen LogP contribution is 2.22. The van der Waals surface area contributed by atoms with E-state index in [1.54, 1.807) is 7.11 Å². The zero-order valence-electron chi connectivity index (χ0n) is 13.0. The normalized spacial score (nSPS) is 14.2. The number of halogens is 1. The molecular formula is C17H28ClNO. The molecule has 0 amide bonds. The fraction of sp³-hybridized carbons (Fsp3) is 0.647. The molecule has 0 radical (unpaired) electrons. The second-order valence-electron chi connectivity index (χ2n) is 5.56. The zero-order chi connectivity index (χ0) is 14.8. The molecule has 3 heteroatoms. The van der Waals surface area contributed by atoms with Crippen LogP contribution in [0.4, 0.5) is 0 Å². The van der Waals surface area contributed by atoms with E-state index in [2.05, 4.69) is 31.3 Å². The number of nitrogens with one attached hydrogen (secondary N) is 1. The van der Waals surface area contributed by atoms with E-state index < -0.39 is 0 Å². The first-order chi connectivity index (χ1) is 9.67. The van der Waals surface area contributed by atoms with E-state index in [0.717, 1.165) is 31.1 Å². The van der Waals surface area contributed by atoms with E-state index in [0.29, 0.717) is 11.8 Å². The summed E-state index contributed by atoms with van der Waals surface area (Å²) in [5.41, 5.74) is 1.33. The maximum atomic E-state index is 6.08. The third-order valence-electron chi connectivity index (χ3n) is 3.83. The van der Waals surface area contributed by atoms with E-state index in [4.69, 9.17) is 16.3 Å². The van der Waals surface area contributed by atoms with Crippen molar-refractivity contribution in [1.29, 1.82) is 0 Å². The van der Waals surface area contributed by atoms with Crippen LogP contribution in [0.25, 0.3) is 0 Å². The lowest BCUT2D eigenvalue weighted by atomic mass is 9.85. The first-order valence-corrected chi connectivity index (χ1v) is 7.99. The van der Waals surface area contributed by atoms with Gasteiger partial charge in [0.2, 0.25) is 0 Å². The quantitative estimate of drug-likeness (QED) is 0.654. The van der Waals surface area contributed by atoms with Gasteiger partial charge >= 0.3 is 0 Å². The van der Waals surface area contributed by atoms with E-state index in [-0.39, 0.29) is 0 Å². The highest BCUT2D eigenvalue weighted by Gasteiger charge is 2.17. The lowest BCUT2D eigenvalue weighted by Crippen LogP contribution is -2.31. The van der Waals surface area contributed by atoms with E-state index >= 15 is 0 Å². The van der Waals surface area contributed by atoms with Gasteiger partial charge in [0.05, 0.1) is 6.61 Å². The van der Waals surface area contributed by atoms with Crippen molar-refractivity contribution in [2.75, 3.05) is 26.8 Å². The number of ether oxygens (including phenoxy) is 1. The summed E-state index contributed by atoms with van der Waals surface area (Å²) < 4.78 is 5.09. The molecular weight excluding hydrogens is 270 g/mol. The monoisotopic (exact) mass is 297 g/mol. The van der Waals surface area contributed by atoms with Gasteiger partial charge in [0.15, 0.2) is 0 Å². The minimum Gasteiger partial charge on any atom is -0.383 e. The maximum absolute atomic E-state index is 6.08. The topological polar surface area (TPSA) is 21.3 Å². The van der Waals surface area contributed by atoms with Crippen LogP contribution in [0.15, 0.2) is 24.3 Å². The van der Waals surface area contributed by atoms with Gasteiger partial charge in [-0.1, -0.05) is 50.4 Å². The van der Waals surface area contributed by atoms with Gasteiger partial charge in [-0.3, -0.25) is 0 Å². The fourth-order valence-electron chi connectivity index (χ4n) is 2.59. The highest BCUT2D eigenvalue weighted by molar-refractivity contribution is 6.30. The molecule has 2 nitrogen and oxygen atoms in total. The Morgan fingerprint density at radius 1 is 1.35 bits per heavy atom. The number of methoxy groups -OCH3 is 1. The first kappa shape index (κ1) is 17.5. The van der Waals surface area contributed by atoms with Crippen LogP contribution in [0.3, 0.4) is 0 Å². The van der Waals surface area contributed by atoms with E-state index in [1.165, 1.54) is 18.4 Å². The van der Waals surface area contributed by atoms with Crippen molar-refractivity contribution >= 4 is 11.6 Å². The standard InChI is InChI=1S/C17H28ClNO/c1-4-6-14(2)16(13-19-9-10-20-3)11-15-7-5-8-17(18)12-15/h5,7-8,12,14,16,19H,4,6,9-11,13H2,1-3H3. The Morgan fingerprint density at radius 2 is 2.15 bits per heavy atom. The molecule has 1 aromatic rings. The zero-order valence-corrected chi connectivity index (χ0v) is 13.7. The highest BCUT2D eigenvalue weighted by atomic mass is 35.5. The molecule has 0 saturated heterocycles.